The topological polar surface area (TPSA) is 87.6 Å². The van der Waals surface area contributed by atoms with Gasteiger partial charge >= 0.3 is 5.69 Å². The number of hydrogen-bond acceptors (Lipinski definition) is 5. The third-order valence-electron chi connectivity index (χ3n) is 3.98. The van der Waals surface area contributed by atoms with Gasteiger partial charge in [-0.1, -0.05) is 31.7 Å². The molecule has 0 unspecified atom stereocenters. The van der Waals surface area contributed by atoms with Crippen LogP contribution >= 0.6 is 0 Å². The zero-order valence-corrected chi connectivity index (χ0v) is 12.3. The lowest BCUT2D eigenvalue weighted by Gasteiger charge is -2.27. The van der Waals surface area contributed by atoms with Crippen molar-refractivity contribution in [3.05, 3.63) is 28.3 Å². The van der Waals surface area contributed by atoms with Gasteiger partial charge in [0.25, 0.3) is 0 Å². The van der Waals surface area contributed by atoms with Gasteiger partial charge in [-0.25, -0.2) is 0 Å². The normalized spacial score (nSPS) is 17.8. The molecule has 1 saturated carbocycles. The Morgan fingerprint density at radius 3 is 2.43 bits per heavy atom. The molecular formula is C15H22N2O4. The standard InChI is InChI=1S/C15H22N2O4/c1-20-12-7-6-8-13(14(12)17(18)19)21-11-15(16)9-4-2-3-5-10-15/h6-8H,2-5,9-11,16H2,1H3. The van der Waals surface area contributed by atoms with Gasteiger partial charge in [0, 0.05) is 0 Å². The first-order chi connectivity index (χ1) is 10.1. The van der Waals surface area contributed by atoms with Crippen LogP contribution in [0.25, 0.3) is 0 Å². The quantitative estimate of drug-likeness (QED) is 0.512. The Kier molecular flexibility index (Phi) is 5.01. The number of para-hydroxylation sites is 1. The summed E-state index contributed by atoms with van der Waals surface area (Å²) in [5.74, 6) is 0.415. The van der Waals surface area contributed by atoms with Crippen molar-refractivity contribution in [2.45, 2.75) is 44.1 Å². The Morgan fingerprint density at radius 1 is 1.24 bits per heavy atom. The zero-order valence-electron chi connectivity index (χ0n) is 12.3. The maximum absolute atomic E-state index is 11.2. The van der Waals surface area contributed by atoms with Gasteiger partial charge in [0.15, 0.2) is 0 Å². The summed E-state index contributed by atoms with van der Waals surface area (Å²) in [6, 6.07) is 4.81. The SMILES string of the molecule is COc1cccc(OCC2(N)CCCCCC2)c1[N+](=O)[O-]. The largest absolute Gasteiger partial charge is 0.490 e. The molecule has 6 nitrogen and oxygen atoms in total. The van der Waals surface area contributed by atoms with Crippen LogP contribution in [0.3, 0.4) is 0 Å². The molecule has 6 heteroatoms. The Bertz CT molecular complexity index is 496. The number of nitrogens with zero attached hydrogens (tertiary/aromatic N) is 1. The third kappa shape index (κ3) is 3.85. The number of nitro benzene ring substituents is 1. The molecule has 1 aromatic rings. The summed E-state index contributed by atoms with van der Waals surface area (Å²) in [7, 11) is 1.40. The van der Waals surface area contributed by atoms with E-state index in [0.717, 1.165) is 25.7 Å². The fraction of sp³-hybridized carbons (Fsp3) is 0.600. The Morgan fingerprint density at radius 2 is 1.86 bits per heavy atom. The number of ether oxygens (including phenoxy) is 2. The second kappa shape index (κ2) is 6.76. The van der Waals surface area contributed by atoms with E-state index in [0.29, 0.717) is 6.61 Å². The molecule has 0 aromatic heterocycles. The number of benzene rings is 1. The lowest BCUT2D eigenvalue weighted by Crippen LogP contribution is -2.45. The fourth-order valence-corrected chi connectivity index (χ4v) is 2.76. The number of methoxy groups -OCH3 is 1. The van der Waals surface area contributed by atoms with Gasteiger partial charge in [-0.15, -0.1) is 0 Å². The fourth-order valence-electron chi connectivity index (χ4n) is 2.76. The summed E-state index contributed by atoms with van der Waals surface area (Å²) in [5.41, 5.74) is 5.84. The van der Waals surface area contributed by atoms with E-state index < -0.39 is 10.5 Å². The van der Waals surface area contributed by atoms with E-state index in [9.17, 15) is 10.1 Å². The van der Waals surface area contributed by atoms with Crippen LogP contribution in [-0.4, -0.2) is 24.2 Å². The predicted octanol–water partition coefficient (Wildman–Crippen LogP) is 3.03. The summed E-state index contributed by atoms with van der Waals surface area (Å²) in [6.45, 7) is 0.293. The molecule has 0 atom stereocenters. The van der Waals surface area contributed by atoms with E-state index in [1.54, 1.807) is 18.2 Å². The van der Waals surface area contributed by atoms with Crippen LogP contribution in [0.1, 0.15) is 38.5 Å². The van der Waals surface area contributed by atoms with Crippen LogP contribution in [0.4, 0.5) is 5.69 Å². The molecule has 0 aliphatic heterocycles. The Labute approximate surface area is 124 Å². The zero-order chi connectivity index (χ0) is 15.3. The van der Waals surface area contributed by atoms with E-state index >= 15 is 0 Å². The lowest BCUT2D eigenvalue weighted by atomic mass is 9.92. The number of rotatable bonds is 5. The highest BCUT2D eigenvalue weighted by molar-refractivity contribution is 5.57. The molecule has 21 heavy (non-hydrogen) atoms. The van der Waals surface area contributed by atoms with E-state index in [4.69, 9.17) is 15.2 Å². The van der Waals surface area contributed by atoms with Crippen molar-refractivity contribution in [2.75, 3.05) is 13.7 Å². The van der Waals surface area contributed by atoms with Gasteiger partial charge in [-0.2, -0.15) is 0 Å². The van der Waals surface area contributed by atoms with Crippen molar-refractivity contribution in [3.8, 4) is 11.5 Å². The van der Waals surface area contributed by atoms with Crippen molar-refractivity contribution < 1.29 is 14.4 Å². The average Bonchev–Trinajstić information content (AvgIpc) is 2.69. The smallest absolute Gasteiger partial charge is 0.352 e. The first-order valence-corrected chi connectivity index (χ1v) is 7.29. The molecule has 116 valence electrons. The summed E-state index contributed by atoms with van der Waals surface area (Å²) in [5, 5.41) is 11.2. The van der Waals surface area contributed by atoms with E-state index in [-0.39, 0.29) is 17.2 Å². The molecule has 0 amide bonds. The highest BCUT2D eigenvalue weighted by atomic mass is 16.6. The molecule has 1 aliphatic rings. The van der Waals surface area contributed by atoms with Crippen LogP contribution in [0, 0.1) is 10.1 Å². The maximum atomic E-state index is 11.2. The monoisotopic (exact) mass is 294 g/mol. The molecule has 1 aliphatic carbocycles. The summed E-state index contributed by atoms with van der Waals surface area (Å²) in [6.07, 6.45) is 6.34. The van der Waals surface area contributed by atoms with Crippen LogP contribution in [0.5, 0.6) is 11.5 Å². The minimum absolute atomic E-state index is 0.141. The van der Waals surface area contributed by atoms with Crippen molar-refractivity contribution in [3.63, 3.8) is 0 Å². The lowest BCUT2D eigenvalue weighted by molar-refractivity contribution is -0.386. The van der Waals surface area contributed by atoms with Crippen molar-refractivity contribution in [2.24, 2.45) is 5.73 Å². The summed E-state index contributed by atoms with van der Waals surface area (Å²) < 4.78 is 10.7. The summed E-state index contributed by atoms with van der Waals surface area (Å²) in [4.78, 5) is 10.7. The van der Waals surface area contributed by atoms with Gasteiger partial charge in [0.05, 0.1) is 17.6 Å². The van der Waals surface area contributed by atoms with Gasteiger partial charge in [-0.3, -0.25) is 10.1 Å². The van der Waals surface area contributed by atoms with Crippen molar-refractivity contribution in [1.29, 1.82) is 0 Å². The maximum Gasteiger partial charge on any atom is 0.352 e. The molecule has 1 aromatic carbocycles. The summed E-state index contributed by atoms with van der Waals surface area (Å²) >= 11 is 0. The Hall–Kier alpha value is -1.82. The second-order valence-electron chi connectivity index (χ2n) is 5.63. The van der Waals surface area contributed by atoms with Crippen molar-refractivity contribution in [1.82, 2.24) is 0 Å². The van der Waals surface area contributed by atoms with Gasteiger partial charge < -0.3 is 15.2 Å². The van der Waals surface area contributed by atoms with Crippen LogP contribution < -0.4 is 15.2 Å². The molecule has 0 saturated heterocycles. The Balaban J connectivity index is 2.14. The number of hydrogen-bond donors (Lipinski definition) is 1. The second-order valence-corrected chi connectivity index (χ2v) is 5.63. The van der Waals surface area contributed by atoms with Gasteiger partial charge in [0.2, 0.25) is 11.5 Å². The average molecular weight is 294 g/mol. The van der Waals surface area contributed by atoms with Crippen molar-refractivity contribution >= 4 is 5.69 Å². The highest BCUT2D eigenvalue weighted by Crippen LogP contribution is 2.37. The van der Waals surface area contributed by atoms with E-state index in [2.05, 4.69) is 0 Å². The van der Waals surface area contributed by atoms with Gasteiger partial charge in [-0.05, 0) is 25.0 Å². The first-order valence-electron chi connectivity index (χ1n) is 7.29. The molecule has 0 bridgehead atoms. The highest BCUT2D eigenvalue weighted by Gasteiger charge is 2.29. The molecule has 0 spiro atoms. The number of nitrogens with two attached hydrogens (primary N) is 1. The predicted molar refractivity (Wildman–Crippen MR) is 79.8 cm³/mol. The van der Waals surface area contributed by atoms with Crippen LogP contribution in [-0.2, 0) is 0 Å². The number of nitro groups is 1. The van der Waals surface area contributed by atoms with Crippen LogP contribution in [0.2, 0.25) is 0 Å². The van der Waals surface area contributed by atoms with E-state index in [1.807, 2.05) is 0 Å². The first kappa shape index (κ1) is 15.6. The molecule has 2 rings (SSSR count). The van der Waals surface area contributed by atoms with Crippen LogP contribution in [0.15, 0.2) is 18.2 Å². The third-order valence-corrected chi connectivity index (χ3v) is 3.98. The molecular weight excluding hydrogens is 272 g/mol. The van der Waals surface area contributed by atoms with Gasteiger partial charge in [0.1, 0.15) is 6.61 Å². The van der Waals surface area contributed by atoms with E-state index in [1.165, 1.54) is 20.0 Å². The molecule has 1 fully saturated rings. The minimum atomic E-state index is -0.482. The molecule has 0 radical (unpaired) electrons. The molecule has 0 heterocycles. The minimum Gasteiger partial charge on any atom is -0.490 e. The molecule has 2 N–H and O–H groups in total.